The third-order valence-electron chi connectivity index (χ3n) is 1.82. The van der Waals surface area contributed by atoms with Crippen LogP contribution in [0.15, 0.2) is 0 Å². The highest BCUT2D eigenvalue weighted by molar-refractivity contribution is 14.1. The van der Waals surface area contributed by atoms with Gasteiger partial charge in [-0.25, -0.2) is 0 Å². The molecule has 0 bridgehead atoms. The summed E-state index contributed by atoms with van der Waals surface area (Å²) in [5.74, 6) is 0.920. The molecule has 0 radical (unpaired) electrons. The zero-order chi connectivity index (χ0) is 6.53. The maximum atomic E-state index is 3.34. The van der Waals surface area contributed by atoms with E-state index in [0.29, 0.717) is 0 Å². The summed E-state index contributed by atoms with van der Waals surface area (Å²) in [6, 6.07) is 0. The number of halogens is 1. The SMILES string of the molecule is INCC1CCNCC1. The molecule has 0 atom stereocenters. The van der Waals surface area contributed by atoms with E-state index in [1.165, 1.54) is 32.5 Å². The molecule has 0 spiro atoms. The lowest BCUT2D eigenvalue weighted by Gasteiger charge is -2.21. The molecular weight excluding hydrogens is 227 g/mol. The van der Waals surface area contributed by atoms with Crippen LogP contribution in [0.5, 0.6) is 0 Å². The Bertz CT molecular complexity index is 68.7. The topological polar surface area (TPSA) is 24.1 Å². The van der Waals surface area contributed by atoms with Gasteiger partial charge in [-0.05, 0) is 31.8 Å². The van der Waals surface area contributed by atoms with Crippen LogP contribution in [0.1, 0.15) is 12.8 Å². The van der Waals surface area contributed by atoms with Crippen LogP contribution in [0.3, 0.4) is 0 Å². The molecular formula is C6H13IN2. The van der Waals surface area contributed by atoms with Gasteiger partial charge in [-0.3, -0.25) is 3.53 Å². The molecule has 3 heteroatoms. The highest BCUT2D eigenvalue weighted by atomic mass is 127. The van der Waals surface area contributed by atoms with Crippen molar-refractivity contribution in [2.24, 2.45) is 5.92 Å². The minimum absolute atomic E-state index is 0.920. The Morgan fingerprint density at radius 3 is 2.67 bits per heavy atom. The van der Waals surface area contributed by atoms with Crippen LogP contribution in [-0.2, 0) is 0 Å². The van der Waals surface area contributed by atoms with Gasteiger partial charge in [-0.15, -0.1) is 0 Å². The van der Waals surface area contributed by atoms with Gasteiger partial charge in [0.25, 0.3) is 0 Å². The second-order valence-corrected chi connectivity index (χ2v) is 3.29. The molecule has 0 aromatic heterocycles. The van der Waals surface area contributed by atoms with Crippen LogP contribution in [0.2, 0.25) is 0 Å². The van der Waals surface area contributed by atoms with E-state index in [9.17, 15) is 0 Å². The van der Waals surface area contributed by atoms with E-state index in [0.717, 1.165) is 5.92 Å². The third kappa shape index (κ3) is 2.82. The Labute approximate surface area is 70.3 Å². The van der Waals surface area contributed by atoms with Crippen LogP contribution < -0.4 is 8.85 Å². The molecule has 1 rings (SSSR count). The Morgan fingerprint density at radius 2 is 2.11 bits per heavy atom. The van der Waals surface area contributed by atoms with E-state index in [-0.39, 0.29) is 0 Å². The number of hydrogen-bond donors (Lipinski definition) is 2. The summed E-state index contributed by atoms with van der Waals surface area (Å²) >= 11 is 2.22. The fourth-order valence-corrected chi connectivity index (χ4v) is 1.82. The van der Waals surface area contributed by atoms with E-state index < -0.39 is 0 Å². The number of hydrogen-bond acceptors (Lipinski definition) is 2. The molecule has 1 fully saturated rings. The van der Waals surface area contributed by atoms with Crippen molar-refractivity contribution in [2.75, 3.05) is 19.6 Å². The summed E-state index contributed by atoms with van der Waals surface area (Å²) < 4.78 is 3.18. The highest BCUT2D eigenvalue weighted by Gasteiger charge is 2.10. The molecule has 1 saturated heterocycles. The molecule has 54 valence electrons. The van der Waals surface area contributed by atoms with Crippen molar-refractivity contribution in [3.05, 3.63) is 0 Å². The molecule has 0 amide bonds. The van der Waals surface area contributed by atoms with Crippen molar-refractivity contribution in [3.63, 3.8) is 0 Å². The highest BCUT2D eigenvalue weighted by Crippen LogP contribution is 2.09. The monoisotopic (exact) mass is 240 g/mol. The van der Waals surface area contributed by atoms with Crippen molar-refractivity contribution in [1.29, 1.82) is 0 Å². The van der Waals surface area contributed by atoms with Gasteiger partial charge >= 0.3 is 0 Å². The van der Waals surface area contributed by atoms with Crippen molar-refractivity contribution in [3.8, 4) is 0 Å². The summed E-state index contributed by atoms with van der Waals surface area (Å²) in [5.41, 5.74) is 0. The van der Waals surface area contributed by atoms with Crippen LogP contribution >= 0.6 is 22.9 Å². The first kappa shape index (κ1) is 7.75. The lowest BCUT2D eigenvalue weighted by Crippen LogP contribution is -2.31. The second kappa shape index (κ2) is 4.46. The Balaban J connectivity index is 2.08. The number of nitrogens with one attached hydrogen (secondary N) is 2. The van der Waals surface area contributed by atoms with Crippen LogP contribution in [-0.4, -0.2) is 19.6 Å². The molecule has 0 aromatic rings. The van der Waals surface area contributed by atoms with Gasteiger partial charge < -0.3 is 5.32 Å². The molecule has 0 aromatic carbocycles. The Kier molecular flexibility index (Phi) is 3.85. The largest absolute Gasteiger partial charge is 0.317 e. The fraction of sp³-hybridized carbons (Fsp3) is 1.00. The van der Waals surface area contributed by atoms with Gasteiger partial charge in [-0.1, -0.05) is 0 Å². The van der Waals surface area contributed by atoms with Gasteiger partial charge in [-0.2, -0.15) is 0 Å². The maximum absolute atomic E-state index is 3.34. The fourth-order valence-electron chi connectivity index (χ4n) is 1.19. The lowest BCUT2D eigenvalue weighted by molar-refractivity contribution is 0.378. The van der Waals surface area contributed by atoms with Gasteiger partial charge in [0.2, 0.25) is 0 Å². The van der Waals surface area contributed by atoms with Crippen molar-refractivity contribution < 1.29 is 0 Å². The number of rotatable bonds is 2. The Hall–Kier alpha value is 0.650. The molecule has 2 N–H and O–H groups in total. The van der Waals surface area contributed by atoms with Crippen LogP contribution in [0, 0.1) is 5.92 Å². The van der Waals surface area contributed by atoms with E-state index in [4.69, 9.17) is 0 Å². The molecule has 0 unspecified atom stereocenters. The van der Waals surface area contributed by atoms with Gasteiger partial charge in [0.15, 0.2) is 0 Å². The summed E-state index contributed by atoms with van der Waals surface area (Å²) in [7, 11) is 0. The predicted molar refractivity (Wildman–Crippen MR) is 47.6 cm³/mol. The van der Waals surface area contributed by atoms with Crippen LogP contribution in [0.25, 0.3) is 0 Å². The summed E-state index contributed by atoms with van der Waals surface area (Å²) in [4.78, 5) is 0. The molecule has 0 saturated carbocycles. The van der Waals surface area contributed by atoms with E-state index in [1.807, 2.05) is 0 Å². The maximum Gasteiger partial charge on any atom is 0.0169 e. The summed E-state index contributed by atoms with van der Waals surface area (Å²) in [6.45, 7) is 3.61. The third-order valence-corrected chi connectivity index (χ3v) is 2.26. The van der Waals surface area contributed by atoms with Crippen molar-refractivity contribution >= 4 is 22.9 Å². The average molecular weight is 240 g/mol. The first-order valence-electron chi connectivity index (χ1n) is 3.47. The minimum atomic E-state index is 0.920. The van der Waals surface area contributed by atoms with Crippen molar-refractivity contribution in [1.82, 2.24) is 8.85 Å². The predicted octanol–water partition coefficient (Wildman–Crippen LogP) is 0.926. The quantitative estimate of drug-likeness (QED) is 0.554. The normalized spacial score (nSPS) is 22.3. The Morgan fingerprint density at radius 1 is 1.44 bits per heavy atom. The smallest absolute Gasteiger partial charge is 0.0169 e. The minimum Gasteiger partial charge on any atom is -0.317 e. The van der Waals surface area contributed by atoms with Crippen molar-refractivity contribution in [2.45, 2.75) is 12.8 Å². The average Bonchev–Trinajstić information content (AvgIpc) is 1.91. The van der Waals surface area contributed by atoms with E-state index in [2.05, 4.69) is 31.7 Å². The number of piperidine rings is 1. The van der Waals surface area contributed by atoms with E-state index >= 15 is 0 Å². The van der Waals surface area contributed by atoms with Gasteiger partial charge in [0.05, 0.1) is 0 Å². The first-order chi connectivity index (χ1) is 4.43. The second-order valence-electron chi connectivity index (χ2n) is 2.53. The summed E-state index contributed by atoms with van der Waals surface area (Å²) in [5, 5.41) is 3.34. The molecule has 2 nitrogen and oxygen atoms in total. The molecule has 1 heterocycles. The zero-order valence-electron chi connectivity index (χ0n) is 5.49. The van der Waals surface area contributed by atoms with Gasteiger partial charge in [0, 0.05) is 29.4 Å². The van der Waals surface area contributed by atoms with Crippen LogP contribution in [0.4, 0.5) is 0 Å². The molecule has 1 aliphatic rings. The molecule has 0 aliphatic carbocycles. The summed E-state index contributed by atoms with van der Waals surface area (Å²) in [6.07, 6.45) is 2.69. The molecule has 1 aliphatic heterocycles. The molecule has 9 heavy (non-hydrogen) atoms. The lowest BCUT2D eigenvalue weighted by atomic mass is 9.99. The van der Waals surface area contributed by atoms with E-state index in [1.54, 1.807) is 0 Å². The zero-order valence-corrected chi connectivity index (χ0v) is 7.65. The van der Waals surface area contributed by atoms with Gasteiger partial charge in [0.1, 0.15) is 0 Å². The standard InChI is InChI=1S/C6H13IN2/c7-9-5-6-1-3-8-4-2-6/h6,8-9H,1-5H2. The first-order valence-corrected chi connectivity index (χ1v) is 4.55.